The van der Waals surface area contributed by atoms with E-state index in [0.717, 1.165) is 38.5 Å². The monoisotopic (exact) mass is 696 g/mol. The van der Waals surface area contributed by atoms with Crippen LogP contribution in [0.2, 0.25) is 0 Å². The summed E-state index contributed by atoms with van der Waals surface area (Å²) in [5.41, 5.74) is 6.19. The number of carboxylic acid groups (broad SMARTS) is 1. The van der Waals surface area contributed by atoms with E-state index in [9.17, 15) is 14.7 Å². The van der Waals surface area contributed by atoms with E-state index >= 15 is 0 Å². The SMILES string of the molecule is COC(=O)c1ncn([C@@H]2C[C@@]34COCC(C)([C@H]2OC[C@](C)(N)C(C)C)[C@@H]3CC[C@H]2C4=CC[C@@]3(C)[C@H](C(=O)O)[C@@](C)([C@H](C)C(C)C)CC[C@]23C)n1. The third-order valence-corrected chi connectivity index (χ3v) is 16.2. The third kappa shape index (κ3) is 5.19. The Morgan fingerprint density at radius 3 is 2.42 bits per heavy atom. The molecule has 0 spiro atoms. The van der Waals surface area contributed by atoms with Gasteiger partial charge in [0.2, 0.25) is 0 Å². The summed E-state index contributed by atoms with van der Waals surface area (Å²) in [6.45, 7) is 23.9. The molecule has 1 aromatic heterocycles. The Morgan fingerprint density at radius 2 is 1.80 bits per heavy atom. The van der Waals surface area contributed by atoms with Crippen LogP contribution in [0.25, 0.3) is 0 Å². The summed E-state index contributed by atoms with van der Waals surface area (Å²) in [7, 11) is 1.34. The highest BCUT2D eigenvalue weighted by atomic mass is 16.5. The number of nitrogens with two attached hydrogens (primary N) is 1. The fraction of sp³-hybridized carbons (Fsp3) is 0.850. The van der Waals surface area contributed by atoms with Crippen LogP contribution in [-0.4, -0.2) is 70.4 Å². The summed E-state index contributed by atoms with van der Waals surface area (Å²) in [6.07, 6.45) is 9.26. The topological polar surface area (TPSA) is 139 Å². The van der Waals surface area contributed by atoms with Crippen molar-refractivity contribution in [1.29, 1.82) is 0 Å². The Kier molecular flexibility index (Phi) is 9.29. The Balaban J connectivity index is 1.46. The van der Waals surface area contributed by atoms with Crippen molar-refractivity contribution in [3.63, 3.8) is 0 Å². The Morgan fingerprint density at radius 1 is 1.10 bits per heavy atom. The van der Waals surface area contributed by atoms with Crippen molar-refractivity contribution in [2.75, 3.05) is 26.9 Å². The molecule has 0 radical (unpaired) electrons. The minimum Gasteiger partial charge on any atom is -0.481 e. The van der Waals surface area contributed by atoms with E-state index in [0.29, 0.717) is 31.7 Å². The van der Waals surface area contributed by atoms with Crippen LogP contribution in [-0.2, 0) is 19.0 Å². The van der Waals surface area contributed by atoms with Gasteiger partial charge in [-0.15, -0.1) is 5.10 Å². The average molecular weight is 697 g/mol. The molecule has 2 bridgehead atoms. The lowest BCUT2D eigenvalue weighted by atomic mass is 9.34. The van der Waals surface area contributed by atoms with E-state index < -0.39 is 28.8 Å². The highest BCUT2D eigenvalue weighted by Crippen LogP contribution is 2.75. The van der Waals surface area contributed by atoms with Crippen LogP contribution in [0.4, 0.5) is 0 Å². The highest BCUT2D eigenvalue weighted by Gasteiger charge is 2.72. The van der Waals surface area contributed by atoms with Crippen molar-refractivity contribution in [3.05, 3.63) is 23.8 Å². The molecule has 1 aliphatic heterocycles. The average Bonchev–Trinajstić information content (AvgIpc) is 3.54. The van der Waals surface area contributed by atoms with Crippen LogP contribution in [0.5, 0.6) is 0 Å². The predicted molar refractivity (Wildman–Crippen MR) is 191 cm³/mol. The maximum absolute atomic E-state index is 13.5. The summed E-state index contributed by atoms with van der Waals surface area (Å²) < 4.78 is 20.5. The summed E-state index contributed by atoms with van der Waals surface area (Å²) in [6, 6.07) is -0.219. The van der Waals surface area contributed by atoms with E-state index in [1.165, 1.54) is 12.7 Å². The van der Waals surface area contributed by atoms with Gasteiger partial charge in [0.1, 0.15) is 6.33 Å². The first-order valence-electron chi connectivity index (χ1n) is 19.1. The minimum atomic E-state index is -0.649. The first kappa shape index (κ1) is 37.5. The van der Waals surface area contributed by atoms with E-state index in [1.807, 2.05) is 11.6 Å². The van der Waals surface area contributed by atoms with Gasteiger partial charge < -0.3 is 25.1 Å². The zero-order chi connectivity index (χ0) is 36.8. The molecule has 4 fully saturated rings. The molecule has 1 aromatic rings. The number of hydrogen-bond acceptors (Lipinski definition) is 8. The molecule has 50 heavy (non-hydrogen) atoms. The van der Waals surface area contributed by atoms with Crippen LogP contribution in [0.15, 0.2) is 18.0 Å². The number of nitrogens with zero attached hydrogens (tertiary/aromatic N) is 3. The van der Waals surface area contributed by atoms with Crippen molar-refractivity contribution < 1.29 is 28.9 Å². The zero-order valence-electron chi connectivity index (χ0n) is 32.5. The molecule has 0 amide bonds. The first-order chi connectivity index (χ1) is 23.2. The van der Waals surface area contributed by atoms with Crippen LogP contribution >= 0.6 is 0 Å². The predicted octanol–water partition coefficient (Wildman–Crippen LogP) is 6.95. The Hall–Kier alpha value is -2.30. The number of aromatic nitrogens is 3. The fourth-order valence-electron chi connectivity index (χ4n) is 12.2. The number of carbonyl (C=O) groups excluding carboxylic acids is 1. The van der Waals surface area contributed by atoms with Gasteiger partial charge in [0.05, 0.1) is 45.0 Å². The maximum atomic E-state index is 13.5. The zero-order valence-corrected chi connectivity index (χ0v) is 32.5. The van der Waals surface area contributed by atoms with Crippen LogP contribution < -0.4 is 5.73 Å². The highest BCUT2D eigenvalue weighted by molar-refractivity contribution is 5.84. The fourth-order valence-corrected chi connectivity index (χ4v) is 12.2. The van der Waals surface area contributed by atoms with Crippen LogP contribution in [0.3, 0.4) is 0 Å². The van der Waals surface area contributed by atoms with Gasteiger partial charge >= 0.3 is 11.9 Å². The Labute approximate surface area is 299 Å². The molecule has 3 N–H and O–H groups in total. The summed E-state index contributed by atoms with van der Waals surface area (Å²) in [4.78, 5) is 30.4. The van der Waals surface area contributed by atoms with Crippen molar-refractivity contribution in [3.8, 4) is 0 Å². The van der Waals surface area contributed by atoms with Crippen molar-refractivity contribution in [2.24, 2.45) is 68.3 Å². The van der Waals surface area contributed by atoms with E-state index in [4.69, 9.17) is 25.0 Å². The maximum Gasteiger partial charge on any atom is 0.377 e. The molecule has 280 valence electrons. The number of carbonyl (C=O) groups is 2. The van der Waals surface area contributed by atoms with E-state index in [2.05, 4.69) is 73.4 Å². The molecule has 10 nitrogen and oxygen atoms in total. The number of ether oxygens (including phenoxy) is 3. The molecule has 1 unspecified atom stereocenters. The summed E-state index contributed by atoms with van der Waals surface area (Å²) in [5.74, 6) is -0.173. The lowest BCUT2D eigenvalue weighted by molar-refractivity contribution is -0.252. The van der Waals surface area contributed by atoms with Gasteiger partial charge in [-0.1, -0.05) is 74.0 Å². The smallest absolute Gasteiger partial charge is 0.377 e. The molecule has 12 atom stereocenters. The largest absolute Gasteiger partial charge is 0.481 e. The van der Waals surface area contributed by atoms with Gasteiger partial charge in [-0.3, -0.25) is 4.79 Å². The number of esters is 1. The van der Waals surface area contributed by atoms with Crippen LogP contribution in [0.1, 0.15) is 124 Å². The van der Waals surface area contributed by atoms with Crippen molar-refractivity contribution >= 4 is 11.9 Å². The van der Waals surface area contributed by atoms with Gasteiger partial charge in [-0.05, 0) is 91.3 Å². The van der Waals surface area contributed by atoms with E-state index in [1.54, 1.807) is 6.33 Å². The molecule has 0 aromatic carbocycles. The van der Waals surface area contributed by atoms with Crippen molar-refractivity contribution in [1.82, 2.24) is 14.8 Å². The van der Waals surface area contributed by atoms with Crippen molar-refractivity contribution in [2.45, 2.75) is 125 Å². The standard InChI is InChI=1S/C40H64N4O6/c1-23(2)25(5)35(6)16-17-37(8)26-12-13-29-36(7)19-49-21-40(29,27(26)14-15-38(37,9)30(35)33(45)46)18-28(31(36)50-20-39(10,41)24(3)4)44-22-42-32(43-44)34(47)48-11/h14,22-26,28-31H,12-13,15-21,41H2,1-11H3,(H,45,46)/t25-,26+,28-,29+,30-,31+,35-,36?,37-,38+,39+,40+/m1/s1. The molecular formula is C40H64N4O6. The molecular weight excluding hydrogens is 632 g/mol. The second-order valence-electron chi connectivity index (χ2n) is 19.0. The first-order valence-corrected chi connectivity index (χ1v) is 19.1. The quantitative estimate of drug-likeness (QED) is 0.207. The second kappa shape index (κ2) is 12.4. The van der Waals surface area contributed by atoms with Gasteiger partial charge in [0.25, 0.3) is 5.82 Å². The van der Waals surface area contributed by atoms with Crippen LogP contribution in [0, 0.1) is 62.6 Å². The molecule has 2 heterocycles. The number of rotatable bonds is 9. The molecule has 1 saturated heterocycles. The number of aliphatic carboxylic acids is 1. The minimum absolute atomic E-state index is 0.0329. The van der Waals surface area contributed by atoms with Gasteiger partial charge in [-0.2, -0.15) is 0 Å². The van der Waals surface area contributed by atoms with Gasteiger partial charge in [-0.25, -0.2) is 14.5 Å². The molecule has 10 heteroatoms. The number of carboxylic acids is 1. The molecule has 4 aliphatic carbocycles. The molecule has 5 aliphatic rings. The lowest BCUT2D eigenvalue weighted by Crippen LogP contribution is -2.69. The normalized spacial score (nSPS) is 42.8. The summed E-state index contributed by atoms with van der Waals surface area (Å²) >= 11 is 0. The number of methoxy groups -OCH3 is 1. The number of allylic oxidation sites excluding steroid dienone is 1. The Bertz CT molecular complexity index is 1520. The molecule has 6 rings (SSSR count). The third-order valence-electron chi connectivity index (χ3n) is 16.2. The van der Waals surface area contributed by atoms with Gasteiger partial charge in [0, 0.05) is 16.4 Å². The second-order valence-corrected chi connectivity index (χ2v) is 19.0. The lowest BCUT2D eigenvalue weighted by Gasteiger charge is -2.71. The van der Waals surface area contributed by atoms with Gasteiger partial charge in [0.15, 0.2) is 0 Å². The number of hydrogen-bond donors (Lipinski definition) is 2. The van der Waals surface area contributed by atoms with E-state index in [-0.39, 0.29) is 57.4 Å². The molecule has 3 saturated carbocycles. The summed E-state index contributed by atoms with van der Waals surface area (Å²) in [5, 5.41) is 15.8. The number of fused-ring (bicyclic) bond motifs is 3.